The lowest BCUT2D eigenvalue weighted by atomic mass is 10.1. The fraction of sp³-hybridized carbons (Fsp3) is 0.538. The average molecular weight is 251 g/mol. The van der Waals surface area contributed by atoms with Crippen molar-refractivity contribution in [1.82, 2.24) is 4.98 Å². The largest absolute Gasteiger partial charge is 0.389 e. The van der Waals surface area contributed by atoms with Gasteiger partial charge < -0.3 is 10.6 Å². The van der Waals surface area contributed by atoms with Crippen LogP contribution in [0, 0.1) is 5.92 Å². The molecule has 0 bridgehead atoms. The molecule has 2 N–H and O–H groups in total. The Morgan fingerprint density at radius 1 is 1.41 bits per heavy atom. The molecule has 1 aromatic heterocycles. The zero-order chi connectivity index (χ0) is 13.0. The maximum Gasteiger partial charge on any atom is 0.139 e. The van der Waals surface area contributed by atoms with Gasteiger partial charge in [0.15, 0.2) is 0 Å². The number of hydrogen-bond donors (Lipinski definition) is 1. The van der Waals surface area contributed by atoms with Gasteiger partial charge in [-0.3, -0.25) is 0 Å². The van der Waals surface area contributed by atoms with Crippen molar-refractivity contribution in [1.29, 1.82) is 0 Å². The topological polar surface area (TPSA) is 42.2 Å². The number of rotatable bonds is 5. The Morgan fingerprint density at radius 3 is 2.53 bits per heavy atom. The molecule has 1 heterocycles. The van der Waals surface area contributed by atoms with Crippen molar-refractivity contribution in [3.63, 3.8) is 0 Å². The van der Waals surface area contributed by atoms with E-state index in [0.29, 0.717) is 16.9 Å². The van der Waals surface area contributed by atoms with Gasteiger partial charge in [0, 0.05) is 18.8 Å². The van der Waals surface area contributed by atoms with Crippen LogP contribution < -0.4 is 10.6 Å². The van der Waals surface area contributed by atoms with E-state index in [1.54, 1.807) is 6.20 Å². The second-order valence-corrected chi connectivity index (χ2v) is 5.32. The van der Waals surface area contributed by atoms with Crippen LogP contribution in [0.2, 0.25) is 0 Å². The molecule has 0 aromatic carbocycles. The van der Waals surface area contributed by atoms with Gasteiger partial charge in [-0.05, 0) is 31.9 Å². The highest BCUT2D eigenvalue weighted by molar-refractivity contribution is 7.80. The van der Waals surface area contributed by atoms with E-state index in [0.717, 1.165) is 17.9 Å². The van der Waals surface area contributed by atoms with Crippen LogP contribution in [0.5, 0.6) is 0 Å². The maximum absolute atomic E-state index is 5.75. The molecule has 3 nitrogen and oxygen atoms in total. The Hall–Kier alpha value is -1.16. The third-order valence-corrected chi connectivity index (χ3v) is 2.73. The number of nitrogens with two attached hydrogens (primary N) is 1. The summed E-state index contributed by atoms with van der Waals surface area (Å²) >= 11 is 5.08. The zero-order valence-electron chi connectivity index (χ0n) is 11.0. The molecule has 0 atom stereocenters. The standard InChI is InChI=1S/C13H21N3S/c1-9(2)8-16(10(3)4)13-11(12(14)17)6-5-7-15-13/h5-7,9-10H,8H2,1-4H3,(H2,14,17). The van der Waals surface area contributed by atoms with Crippen molar-refractivity contribution in [3.05, 3.63) is 23.9 Å². The Bertz CT molecular complexity index is 388. The summed E-state index contributed by atoms with van der Waals surface area (Å²) in [6, 6.07) is 4.17. The molecule has 0 aliphatic carbocycles. The smallest absolute Gasteiger partial charge is 0.139 e. The number of anilines is 1. The van der Waals surface area contributed by atoms with E-state index in [1.807, 2.05) is 12.1 Å². The summed E-state index contributed by atoms with van der Waals surface area (Å²) in [5.41, 5.74) is 6.61. The first-order valence-corrected chi connectivity index (χ1v) is 6.35. The minimum absolute atomic E-state index is 0.375. The summed E-state index contributed by atoms with van der Waals surface area (Å²) in [6.07, 6.45) is 1.78. The Labute approximate surface area is 109 Å². The highest BCUT2D eigenvalue weighted by Gasteiger charge is 2.17. The summed E-state index contributed by atoms with van der Waals surface area (Å²) in [5, 5.41) is 0. The average Bonchev–Trinajstić information content (AvgIpc) is 2.25. The van der Waals surface area contributed by atoms with E-state index in [9.17, 15) is 0 Å². The second kappa shape index (κ2) is 5.96. The monoisotopic (exact) mass is 251 g/mol. The molecular formula is C13H21N3S. The Morgan fingerprint density at radius 2 is 2.06 bits per heavy atom. The van der Waals surface area contributed by atoms with Gasteiger partial charge in [0.2, 0.25) is 0 Å². The Balaban J connectivity index is 3.13. The van der Waals surface area contributed by atoms with Crippen molar-refractivity contribution in [2.75, 3.05) is 11.4 Å². The van der Waals surface area contributed by atoms with Crippen molar-refractivity contribution < 1.29 is 0 Å². The number of nitrogens with zero attached hydrogens (tertiary/aromatic N) is 2. The first-order chi connectivity index (χ1) is 7.93. The van der Waals surface area contributed by atoms with Crippen molar-refractivity contribution >= 4 is 23.0 Å². The summed E-state index contributed by atoms with van der Waals surface area (Å²) in [7, 11) is 0. The number of pyridine rings is 1. The van der Waals surface area contributed by atoms with Gasteiger partial charge in [0.25, 0.3) is 0 Å². The molecule has 0 saturated heterocycles. The lowest BCUT2D eigenvalue weighted by Gasteiger charge is -2.31. The molecule has 0 spiro atoms. The molecule has 94 valence electrons. The number of hydrogen-bond acceptors (Lipinski definition) is 3. The highest BCUT2D eigenvalue weighted by atomic mass is 32.1. The molecule has 0 fully saturated rings. The molecule has 0 saturated carbocycles. The van der Waals surface area contributed by atoms with Gasteiger partial charge in [0.05, 0.1) is 5.56 Å². The molecular weight excluding hydrogens is 230 g/mol. The van der Waals surface area contributed by atoms with Crippen molar-refractivity contribution in [3.8, 4) is 0 Å². The van der Waals surface area contributed by atoms with Crippen LogP contribution >= 0.6 is 12.2 Å². The third-order valence-electron chi connectivity index (χ3n) is 2.51. The van der Waals surface area contributed by atoms with Crippen LogP contribution in [0.4, 0.5) is 5.82 Å². The summed E-state index contributed by atoms with van der Waals surface area (Å²) in [5.74, 6) is 1.46. The molecule has 0 amide bonds. The molecule has 1 aromatic rings. The maximum atomic E-state index is 5.75. The van der Waals surface area contributed by atoms with Crippen LogP contribution in [-0.2, 0) is 0 Å². The van der Waals surface area contributed by atoms with E-state index in [4.69, 9.17) is 18.0 Å². The van der Waals surface area contributed by atoms with Crippen LogP contribution in [-0.4, -0.2) is 22.6 Å². The predicted molar refractivity (Wildman–Crippen MR) is 77.4 cm³/mol. The fourth-order valence-electron chi connectivity index (χ4n) is 1.75. The summed E-state index contributed by atoms with van der Waals surface area (Å²) in [6.45, 7) is 9.64. The van der Waals surface area contributed by atoms with Crippen molar-refractivity contribution in [2.45, 2.75) is 33.7 Å². The molecule has 0 unspecified atom stereocenters. The molecule has 0 aliphatic heterocycles. The second-order valence-electron chi connectivity index (χ2n) is 4.88. The summed E-state index contributed by atoms with van der Waals surface area (Å²) < 4.78 is 0. The zero-order valence-corrected chi connectivity index (χ0v) is 11.8. The normalized spacial score (nSPS) is 10.9. The SMILES string of the molecule is CC(C)CN(c1ncccc1C(N)=S)C(C)C. The lowest BCUT2D eigenvalue weighted by Crippen LogP contribution is -2.36. The van der Waals surface area contributed by atoms with Gasteiger partial charge in [-0.1, -0.05) is 26.1 Å². The van der Waals surface area contributed by atoms with Crippen LogP contribution in [0.1, 0.15) is 33.3 Å². The van der Waals surface area contributed by atoms with Gasteiger partial charge in [-0.15, -0.1) is 0 Å². The first-order valence-electron chi connectivity index (χ1n) is 5.95. The number of aromatic nitrogens is 1. The van der Waals surface area contributed by atoms with E-state index in [-0.39, 0.29) is 0 Å². The van der Waals surface area contributed by atoms with Gasteiger partial charge in [-0.2, -0.15) is 0 Å². The third kappa shape index (κ3) is 3.66. The fourth-order valence-corrected chi connectivity index (χ4v) is 1.91. The minimum atomic E-state index is 0.375. The molecule has 0 aliphatic rings. The predicted octanol–water partition coefficient (Wildman–Crippen LogP) is 2.59. The minimum Gasteiger partial charge on any atom is -0.389 e. The van der Waals surface area contributed by atoms with Gasteiger partial charge in [-0.25, -0.2) is 4.98 Å². The molecule has 4 heteroatoms. The van der Waals surface area contributed by atoms with Crippen LogP contribution in [0.25, 0.3) is 0 Å². The van der Waals surface area contributed by atoms with Crippen LogP contribution in [0.3, 0.4) is 0 Å². The molecule has 0 radical (unpaired) electrons. The molecule has 1 rings (SSSR count). The van der Waals surface area contributed by atoms with E-state index in [1.165, 1.54) is 0 Å². The van der Waals surface area contributed by atoms with Gasteiger partial charge in [0.1, 0.15) is 10.8 Å². The Kier molecular flexibility index (Phi) is 4.87. The van der Waals surface area contributed by atoms with Crippen molar-refractivity contribution in [2.24, 2.45) is 11.7 Å². The van der Waals surface area contributed by atoms with E-state index < -0.39 is 0 Å². The quantitative estimate of drug-likeness (QED) is 0.817. The lowest BCUT2D eigenvalue weighted by molar-refractivity contribution is 0.566. The van der Waals surface area contributed by atoms with Crippen LogP contribution in [0.15, 0.2) is 18.3 Å². The van der Waals surface area contributed by atoms with E-state index >= 15 is 0 Å². The molecule has 17 heavy (non-hydrogen) atoms. The number of thiocarbonyl (C=S) groups is 1. The van der Waals surface area contributed by atoms with Gasteiger partial charge >= 0.3 is 0 Å². The van der Waals surface area contributed by atoms with E-state index in [2.05, 4.69) is 37.6 Å². The highest BCUT2D eigenvalue weighted by Crippen LogP contribution is 2.20. The summed E-state index contributed by atoms with van der Waals surface area (Å²) in [4.78, 5) is 7.09. The first kappa shape index (κ1) is 13.9.